The van der Waals surface area contributed by atoms with Crippen molar-refractivity contribution in [2.75, 3.05) is 12.4 Å². The number of benzene rings is 1. The van der Waals surface area contributed by atoms with Crippen molar-refractivity contribution in [3.63, 3.8) is 0 Å². The minimum atomic E-state index is -5.08. The number of aliphatic carboxylic acids is 1. The van der Waals surface area contributed by atoms with Crippen LogP contribution >= 0.6 is 0 Å². The van der Waals surface area contributed by atoms with Crippen LogP contribution in [-0.4, -0.2) is 48.4 Å². The number of carboxylic acid groups (broad SMARTS) is 1. The average Bonchev–Trinajstić information content (AvgIpc) is 2.67. The Labute approximate surface area is 164 Å². The summed E-state index contributed by atoms with van der Waals surface area (Å²) in [5.41, 5.74) is 2.14. The number of fused-ring (bicyclic) bond motifs is 1. The number of anilines is 1. The van der Waals surface area contributed by atoms with Crippen molar-refractivity contribution in [2.24, 2.45) is 0 Å². The van der Waals surface area contributed by atoms with Gasteiger partial charge in [-0.15, -0.1) is 0 Å². The first-order valence-corrected chi connectivity index (χ1v) is 8.95. The summed E-state index contributed by atoms with van der Waals surface area (Å²) in [6.45, 7) is 0.204. The number of rotatable bonds is 3. The smallest absolute Gasteiger partial charge is 0.475 e. The third kappa shape index (κ3) is 6.63. The second-order valence-corrected chi connectivity index (χ2v) is 6.69. The van der Waals surface area contributed by atoms with E-state index in [9.17, 15) is 22.8 Å². The van der Waals surface area contributed by atoms with Crippen molar-refractivity contribution < 1.29 is 37.4 Å². The van der Waals surface area contributed by atoms with Gasteiger partial charge < -0.3 is 20.5 Å². The molecule has 1 saturated carbocycles. The molecule has 0 radical (unpaired) electrons. The molecule has 4 N–H and O–H groups in total. The Bertz CT molecular complexity index is 762. The van der Waals surface area contributed by atoms with E-state index in [0.717, 1.165) is 31.2 Å². The van der Waals surface area contributed by atoms with Gasteiger partial charge in [-0.3, -0.25) is 10.1 Å². The fourth-order valence-corrected chi connectivity index (χ4v) is 3.06. The van der Waals surface area contributed by atoms with Crippen LogP contribution in [0.25, 0.3) is 0 Å². The maximum Gasteiger partial charge on any atom is 0.490 e. The average molecular weight is 417 g/mol. The molecule has 11 heteroatoms. The van der Waals surface area contributed by atoms with Gasteiger partial charge in [0.1, 0.15) is 6.61 Å². The lowest BCUT2D eigenvalue weighted by Gasteiger charge is -2.29. The van der Waals surface area contributed by atoms with Gasteiger partial charge in [0.05, 0.1) is 5.69 Å². The molecular weight excluding hydrogens is 395 g/mol. The molecule has 0 aromatic heterocycles. The zero-order valence-electron chi connectivity index (χ0n) is 15.6. The molecule has 1 fully saturated rings. The molecule has 0 atom stereocenters. The van der Waals surface area contributed by atoms with Crippen LogP contribution in [0.5, 0.6) is 0 Å². The van der Waals surface area contributed by atoms with Crippen LogP contribution in [0.1, 0.15) is 41.6 Å². The molecule has 8 nitrogen and oxygen atoms in total. The standard InChI is InChI=1S/C16H21N3O3.C2HF3O2/c1-17-12-3-5-13(6-4-12)18-15(20)10-2-7-14-11(8-10)9-22-16(21)19-14;3-2(4,5)1(6)7/h2,7-8,12-13,17H,3-6,9H2,1H3,(H,18,20)(H,19,21);(H,6,7). The van der Waals surface area contributed by atoms with Crippen molar-refractivity contribution in [3.05, 3.63) is 29.3 Å². The van der Waals surface area contributed by atoms with Crippen LogP contribution in [0.2, 0.25) is 0 Å². The summed E-state index contributed by atoms with van der Waals surface area (Å²) in [6.07, 6.45) is -1.36. The van der Waals surface area contributed by atoms with Gasteiger partial charge in [0.2, 0.25) is 0 Å². The quantitative estimate of drug-likeness (QED) is 0.601. The first kappa shape index (κ1) is 22.5. The first-order chi connectivity index (χ1) is 13.6. The van der Waals surface area contributed by atoms with Gasteiger partial charge in [0, 0.05) is 23.2 Å². The zero-order chi connectivity index (χ0) is 21.6. The summed E-state index contributed by atoms with van der Waals surface area (Å²) in [6, 6.07) is 6.08. The third-order valence-electron chi connectivity index (χ3n) is 4.68. The van der Waals surface area contributed by atoms with E-state index >= 15 is 0 Å². The Morgan fingerprint density at radius 1 is 1.17 bits per heavy atom. The molecule has 1 aromatic carbocycles. The molecule has 2 aliphatic rings. The van der Waals surface area contributed by atoms with Gasteiger partial charge in [-0.1, -0.05) is 0 Å². The van der Waals surface area contributed by atoms with Gasteiger partial charge in [-0.05, 0) is 50.9 Å². The van der Waals surface area contributed by atoms with E-state index in [2.05, 4.69) is 16.0 Å². The Hall–Kier alpha value is -2.82. The molecule has 0 saturated heterocycles. The molecule has 1 heterocycles. The number of carbonyl (C=O) groups excluding carboxylic acids is 2. The van der Waals surface area contributed by atoms with E-state index in [1.165, 1.54) is 0 Å². The number of hydrogen-bond donors (Lipinski definition) is 4. The first-order valence-electron chi connectivity index (χ1n) is 8.95. The van der Waals surface area contributed by atoms with Crippen LogP contribution in [-0.2, 0) is 16.1 Å². The number of ether oxygens (including phenoxy) is 1. The molecule has 1 aliphatic heterocycles. The Morgan fingerprint density at radius 3 is 2.31 bits per heavy atom. The molecule has 1 aromatic rings. The van der Waals surface area contributed by atoms with Crippen molar-refractivity contribution in [3.8, 4) is 0 Å². The van der Waals surface area contributed by atoms with Crippen molar-refractivity contribution in [2.45, 2.75) is 50.6 Å². The SMILES string of the molecule is CNC1CCC(NC(=O)c2ccc3c(c2)COC(=O)N3)CC1.O=C(O)C(F)(F)F. The number of cyclic esters (lactones) is 1. The molecule has 29 heavy (non-hydrogen) atoms. The van der Waals surface area contributed by atoms with E-state index in [-0.39, 0.29) is 18.6 Å². The van der Waals surface area contributed by atoms with Crippen molar-refractivity contribution in [1.82, 2.24) is 10.6 Å². The number of carbonyl (C=O) groups is 3. The van der Waals surface area contributed by atoms with Crippen molar-refractivity contribution in [1.29, 1.82) is 0 Å². The summed E-state index contributed by atoms with van der Waals surface area (Å²) in [4.78, 5) is 32.4. The number of alkyl halides is 3. The maximum absolute atomic E-state index is 12.4. The number of carboxylic acids is 1. The fraction of sp³-hybridized carbons (Fsp3) is 0.500. The summed E-state index contributed by atoms with van der Waals surface area (Å²) in [5.74, 6) is -2.82. The van der Waals surface area contributed by atoms with Crippen LogP contribution in [0.3, 0.4) is 0 Å². The number of amides is 2. The van der Waals surface area contributed by atoms with Crippen LogP contribution in [0.15, 0.2) is 18.2 Å². The molecule has 3 rings (SSSR count). The van der Waals surface area contributed by atoms with Crippen LogP contribution < -0.4 is 16.0 Å². The minimum absolute atomic E-state index is 0.0624. The zero-order valence-corrected chi connectivity index (χ0v) is 15.6. The lowest BCUT2D eigenvalue weighted by molar-refractivity contribution is -0.192. The number of nitrogens with one attached hydrogen (secondary N) is 3. The van der Waals surface area contributed by atoms with Crippen molar-refractivity contribution >= 4 is 23.7 Å². The van der Waals surface area contributed by atoms with E-state index < -0.39 is 18.2 Å². The van der Waals surface area contributed by atoms with E-state index in [4.69, 9.17) is 14.6 Å². The van der Waals surface area contributed by atoms with Gasteiger partial charge in [-0.25, -0.2) is 9.59 Å². The number of hydrogen-bond acceptors (Lipinski definition) is 5. The summed E-state index contributed by atoms with van der Waals surface area (Å²) in [7, 11) is 1.98. The van der Waals surface area contributed by atoms with E-state index in [1.54, 1.807) is 18.2 Å². The molecule has 160 valence electrons. The Balaban J connectivity index is 0.000000370. The van der Waals surface area contributed by atoms with Gasteiger partial charge >= 0.3 is 18.2 Å². The summed E-state index contributed by atoms with van der Waals surface area (Å²) >= 11 is 0. The number of halogens is 3. The monoisotopic (exact) mass is 417 g/mol. The Morgan fingerprint density at radius 2 is 1.76 bits per heavy atom. The van der Waals surface area contributed by atoms with Gasteiger partial charge in [-0.2, -0.15) is 13.2 Å². The lowest BCUT2D eigenvalue weighted by Crippen LogP contribution is -2.41. The van der Waals surface area contributed by atoms with Crippen LogP contribution in [0, 0.1) is 0 Å². The lowest BCUT2D eigenvalue weighted by atomic mass is 9.91. The predicted molar refractivity (Wildman–Crippen MR) is 96.5 cm³/mol. The normalized spacial score (nSPS) is 20.9. The maximum atomic E-state index is 12.4. The molecule has 0 bridgehead atoms. The molecule has 2 amide bonds. The third-order valence-corrected chi connectivity index (χ3v) is 4.68. The molecule has 1 aliphatic carbocycles. The second kappa shape index (κ2) is 9.59. The topological polar surface area (TPSA) is 117 Å². The highest BCUT2D eigenvalue weighted by Gasteiger charge is 2.38. The summed E-state index contributed by atoms with van der Waals surface area (Å²) < 4.78 is 36.7. The van der Waals surface area contributed by atoms with Crippen LogP contribution in [0.4, 0.5) is 23.7 Å². The Kier molecular flexibility index (Phi) is 7.43. The molecular formula is C18H22F3N3O5. The molecule has 0 spiro atoms. The summed E-state index contributed by atoms with van der Waals surface area (Å²) in [5, 5.41) is 16.1. The van der Waals surface area contributed by atoms with Gasteiger partial charge in [0.15, 0.2) is 0 Å². The highest BCUT2D eigenvalue weighted by atomic mass is 19.4. The minimum Gasteiger partial charge on any atom is -0.475 e. The van der Waals surface area contributed by atoms with E-state index in [1.807, 2.05) is 7.05 Å². The fourth-order valence-electron chi connectivity index (χ4n) is 3.06. The van der Waals surface area contributed by atoms with Gasteiger partial charge in [0.25, 0.3) is 5.91 Å². The molecule has 0 unspecified atom stereocenters. The largest absolute Gasteiger partial charge is 0.490 e. The highest BCUT2D eigenvalue weighted by molar-refractivity contribution is 5.96. The predicted octanol–water partition coefficient (Wildman–Crippen LogP) is 2.64. The second-order valence-electron chi connectivity index (χ2n) is 6.69. The van der Waals surface area contributed by atoms with E-state index in [0.29, 0.717) is 17.3 Å². The highest BCUT2D eigenvalue weighted by Crippen LogP contribution is 2.23.